The molecule has 3 rings (SSSR count). The highest BCUT2D eigenvalue weighted by Crippen LogP contribution is 2.28. The molecular weight excluding hydrogens is 304 g/mol. The van der Waals surface area contributed by atoms with Gasteiger partial charge in [0.25, 0.3) is 0 Å². The first-order valence-corrected chi connectivity index (χ1v) is 8.36. The zero-order valence-electron chi connectivity index (χ0n) is 13.2. The molecule has 2 heterocycles. The fourth-order valence-corrected chi connectivity index (χ4v) is 2.97. The first-order chi connectivity index (χ1) is 11.2. The lowest BCUT2D eigenvalue weighted by molar-refractivity contribution is 0.886. The second kappa shape index (κ2) is 6.79. The van der Waals surface area contributed by atoms with E-state index in [1.54, 1.807) is 24.2 Å². The van der Waals surface area contributed by atoms with Crippen molar-refractivity contribution in [2.45, 2.75) is 19.0 Å². The van der Waals surface area contributed by atoms with Gasteiger partial charge in [-0.15, -0.1) is 16.8 Å². The predicted molar refractivity (Wildman–Crippen MR) is 95.0 cm³/mol. The average molecular weight is 322 g/mol. The quantitative estimate of drug-likeness (QED) is 0.521. The summed E-state index contributed by atoms with van der Waals surface area (Å²) in [6.07, 6.45) is 5.41. The molecule has 5 heteroatoms. The summed E-state index contributed by atoms with van der Waals surface area (Å²) >= 11 is 1.62. The Kier molecular flexibility index (Phi) is 4.57. The van der Waals surface area contributed by atoms with Crippen molar-refractivity contribution in [2.75, 3.05) is 5.75 Å². The van der Waals surface area contributed by atoms with Crippen LogP contribution in [0.15, 0.2) is 60.5 Å². The molecule has 4 nitrogen and oxygen atoms in total. The fourth-order valence-electron chi connectivity index (χ4n) is 2.28. The van der Waals surface area contributed by atoms with Gasteiger partial charge < -0.3 is 0 Å². The topological polar surface area (TPSA) is 43.6 Å². The van der Waals surface area contributed by atoms with Crippen molar-refractivity contribution >= 4 is 11.8 Å². The van der Waals surface area contributed by atoms with E-state index in [2.05, 4.69) is 58.4 Å². The Balaban J connectivity index is 2.16. The minimum atomic E-state index is 0.791. The van der Waals surface area contributed by atoms with Gasteiger partial charge in [0.1, 0.15) is 0 Å². The van der Waals surface area contributed by atoms with Crippen LogP contribution in [-0.4, -0.2) is 25.5 Å². The second-order valence-corrected chi connectivity index (χ2v) is 6.23. The molecule has 116 valence electrons. The summed E-state index contributed by atoms with van der Waals surface area (Å²) in [6.45, 7) is 8.01. The molecule has 0 aliphatic heterocycles. The molecule has 0 aliphatic rings. The molecule has 0 atom stereocenters. The summed E-state index contributed by atoms with van der Waals surface area (Å²) < 4.78 is 2.09. The van der Waals surface area contributed by atoms with Gasteiger partial charge in [0.2, 0.25) is 0 Å². The van der Waals surface area contributed by atoms with E-state index in [1.807, 2.05) is 18.2 Å². The second-order valence-electron chi connectivity index (χ2n) is 5.25. The third-order valence-corrected chi connectivity index (χ3v) is 4.58. The fraction of sp³-hybridized carbons (Fsp3) is 0.167. The number of pyridine rings is 1. The molecule has 23 heavy (non-hydrogen) atoms. The van der Waals surface area contributed by atoms with E-state index in [4.69, 9.17) is 0 Å². The molecule has 0 saturated heterocycles. The number of aryl methyl sites for hydroxylation is 2. The monoisotopic (exact) mass is 322 g/mol. The number of aromatic nitrogens is 4. The van der Waals surface area contributed by atoms with E-state index >= 15 is 0 Å². The SMILES string of the molecule is C=CCSc1nnc(-c2ccncc2)n1-c1ccc(C)c(C)c1. The third-order valence-electron chi connectivity index (χ3n) is 3.65. The van der Waals surface area contributed by atoms with Gasteiger partial charge in [0.05, 0.1) is 5.69 Å². The van der Waals surface area contributed by atoms with E-state index in [1.165, 1.54) is 11.1 Å². The van der Waals surface area contributed by atoms with Crippen LogP contribution in [0.3, 0.4) is 0 Å². The molecule has 0 radical (unpaired) electrons. The maximum atomic E-state index is 4.40. The summed E-state index contributed by atoms with van der Waals surface area (Å²) in [6, 6.07) is 10.3. The molecule has 0 amide bonds. The predicted octanol–water partition coefficient (Wildman–Crippen LogP) is 4.22. The van der Waals surface area contributed by atoms with Gasteiger partial charge in [-0.05, 0) is 49.2 Å². The number of hydrogen-bond acceptors (Lipinski definition) is 4. The van der Waals surface area contributed by atoms with E-state index in [0.717, 1.165) is 28.0 Å². The zero-order chi connectivity index (χ0) is 16.2. The number of thioether (sulfide) groups is 1. The summed E-state index contributed by atoms with van der Waals surface area (Å²) in [5.41, 5.74) is 4.58. The van der Waals surface area contributed by atoms with Gasteiger partial charge in [-0.2, -0.15) is 0 Å². The summed E-state index contributed by atoms with van der Waals surface area (Å²) in [5.74, 6) is 1.61. The van der Waals surface area contributed by atoms with Crippen molar-refractivity contribution in [1.29, 1.82) is 0 Å². The molecule has 0 N–H and O–H groups in total. The molecule has 0 aliphatic carbocycles. The molecule has 1 aromatic carbocycles. The van der Waals surface area contributed by atoms with Crippen LogP contribution >= 0.6 is 11.8 Å². The van der Waals surface area contributed by atoms with E-state index in [9.17, 15) is 0 Å². The van der Waals surface area contributed by atoms with E-state index < -0.39 is 0 Å². The van der Waals surface area contributed by atoms with Gasteiger partial charge in [-0.25, -0.2) is 0 Å². The molecule has 0 unspecified atom stereocenters. The Morgan fingerprint density at radius 1 is 1.09 bits per heavy atom. The van der Waals surface area contributed by atoms with Crippen molar-refractivity contribution in [3.63, 3.8) is 0 Å². The van der Waals surface area contributed by atoms with E-state index in [-0.39, 0.29) is 0 Å². The van der Waals surface area contributed by atoms with Crippen LogP contribution in [0.1, 0.15) is 11.1 Å². The number of rotatable bonds is 5. The highest BCUT2D eigenvalue weighted by Gasteiger charge is 2.16. The minimum absolute atomic E-state index is 0.791. The van der Waals surface area contributed by atoms with E-state index in [0.29, 0.717) is 0 Å². The molecule has 0 fully saturated rings. The zero-order valence-corrected chi connectivity index (χ0v) is 14.0. The van der Waals surface area contributed by atoms with Crippen LogP contribution in [0.2, 0.25) is 0 Å². The molecule has 0 spiro atoms. The van der Waals surface area contributed by atoms with Crippen molar-refractivity contribution in [2.24, 2.45) is 0 Å². The van der Waals surface area contributed by atoms with Crippen molar-refractivity contribution in [3.8, 4) is 17.1 Å². The maximum Gasteiger partial charge on any atom is 0.196 e. The Morgan fingerprint density at radius 2 is 1.87 bits per heavy atom. The molecule has 0 bridgehead atoms. The first-order valence-electron chi connectivity index (χ1n) is 7.38. The summed E-state index contributed by atoms with van der Waals surface area (Å²) in [4.78, 5) is 4.08. The Bertz CT molecular complexity index is 824. The summed E-state index contributed by atoms with van der Waals surface area (Å²) in [5, 5.41) is 9.63. The van der Waals surface area contributed by atoms with Crippen molar-refractivity contribution in [1.82, 2.24) is 19.7 Å². The van der Waals surface area contributed by atoms with Crippen LogP contribution in [-0.2, 0) is 0 Å². The Hall–Kier alpha value is -2.40. The third kappa shape index (κ3) is 3.19. The van der Waals surface area contributed by atoms with Gasteiger partial charge in [0.15, 0.2) is 11.0 Å². The molecule has 2 aromatic heterocycles. The minimum Gasteiger partial charge on any atom is -0.270 e. The van der Waals surface area contributed by atoms with Crippen LogP contribution < -0.4 is 0 Å². The maximum absolute atomic E-state index is 4.40. The number of benzene rings is 1. The lowest BCUT2D eigenvalue weighted by atomic mass is 10.1. The highest BCUT2D eigenvalue weighted by atomic mass is 32.2. The van der Waals surface area contributed by atoms with Gasteiger partial charge in [-0.1, -0.05) is 23.9 Å². The number of nitrogens with zero attached hydrogens (tertiary/aromatic N) is 4. The van der Waals surface area contributed by atoms with Gasteiger partial charge >= 0.3 is 0 Å². The number of hydrogen-bond donors (Lipinski definition) is 0. The lowest BCUT2D eigenvalue weighted by Gasteiger charge is -2.11. The molecule has 0 saturated carbocycles. The largest absolute Gasteiger partial charge is 0.270 e. The standard InChI is InChI=1S/C18H18N4S/c1-4-11-23-18-21-20-17(15-7-9-19-10-8-15)22(18)16-6-5-13(2)14(3)12-16/h4-10,12H,1,11H2,2-3H3. The normalized spacial score (nSPS) is 10.7. The highest BCUT2D eigenvalue weighted by molar-refractivity contribution is 7.99. The first kappa shape index (κ1) is 15.5. The van der Waals surface area contributed by atoms with Gasteiger partial charge in [0, 0.05) is 23.7 Å². The molecule has 3 aromatic rings. The van der Waals surface area contributed by atoms with Crippen LogP contribution in [0.25, 0.3) is 17.1 Å². The smallest absolute Gasteiger partial charge is 0.196 e. The van der Waals surface area contributed by atoms with Crippen LogP contribution in [0, 0.1) is 13.8 Å². The summed E-state index contributed by atoms with van der Waals surface area (Å²) in [7, 11) is 0. The Morgan fingerprint density at radius 3 is 2.57 bits per heavy atom. The lowest BCUT2D eigenvalue weighted by Crippen LogP contribution is -2.01. The van der Waals surface area contributed by atoms with Crippen LogP contribution in [0.5, 0.6) is 0 Å². The van der Waals surface area contributed by atoms with Crippen molar-refractivity contribution in [3.05, 3.63) is 66.5 Å². The Labute approximate surface area is 140 Å². The average Bonchev–Trinajstić information content (AvgIpc) is 3.00. The van der Waals surface area contributed by atoms with Gasteiger partial charge in [-0.3, -0.25) is 9.55 Å². The van der Waals surface area contributed by atoms with Crippen LogP contribution in [0.4, 0.5) is 0 Å². The molecular formula is C18H18N4S. The van der Waals surface area contributed by atoms with Crippen molar-refractivity contribution < 1.29 is 0 Å².